The van der Waals surface area contributed by atoms with Crippen LogP contribution in [0.3, 0.4) is 0 Å². The van der Waals surface area contributed by atoms with E-state index in [0.29, 0.717) is 36.2 Å². The van der Waals surface area contributed by atoms with E-state index in [-0.39, 0.29) is 23.7 Å². The van der Waals surface area contributed by atoms with Crippen LogP contribution in [0.5, 0.6) is 11.5 Å². The number of likely N-dealkylation sites (tertiary alicyclic amines) is 1. The molecule has 0 saturated carbocycles. The molecule has 2 aromatic rings. The summed E-state index contributed by atoms with van der Waals surface area (Å²) in [6.45, 7) is 8.93. The molecule has 7 nitrogen and oxygen atoms in total. The normalized spacial score (nSPS) is 19.0. The van der Waals surface area contributed by atoms with Gasteiger partial charge in [-0.1, -0.05) is 19.0 Å². The molecule has 0 radical (unpaired) electrons. The highest BCUT2D eigenvalue weighted by Gasteiger charge is 2.31. The number of rotatable bonds is 5. The number of nitrogens with zero attached hydrogens (tertiary/aromatic N) is 3. The van der Waals surface area contributed by atoms with Crippen molar-refractivity contribution in [2.45, 2.75) is 45.6 Å². The molecule has 2 aliphatic heterocycles. The van der Waals surface area contributed by atoms with Crippen molar-refractivity contribution in [3.63, 3.8) is 0 Å². The Morgan fingerprint density at radius 1 is 1.11 bits per heavy atom. The molecule has 0 aliphatic carbocycles. The van der Waals surface area contributed by atoms with Crippen molar-refractivity contribution in [2.24, 2.45) is 5.92 Å². The highest BCUT2D eigenvalue weighted by molar-refractivity contribution is 5.98. The first kappa shape index (κ1) is 18.9. The molecular formula is C21H27N3O4. The zero-order chi connectivity index (χ0) is 19.7. The topological polar surface area (TPSA) is 77.7 Å². The number of hydrogen-bond donors (Lipinski definition) is 0. The van der Waals surface area contributed by atoms with Crippen LogP contribution in [0.4, 0.5) is 0 Å². The van der Waals surface area contributed by atoms with E-state index in [4.69, 9.17) is 14.0 Å². The number of ether oxygens (including phenoxy) is 2. The smallest absolute Gasteiger partial charge is 0.243 e. The predicted molar refractivity (Wildman–Crippen MR) is 103 cm³/mol. The van der Waals surface area contributed by atoms with E-state index in [1.165, 1.54) is 0 Å². The molecule has 4 rings (SSSR count). The Morgan fingerprint density at radius 3 is 2.50 bits per heavy atom. The fourth-order valence-corrected chi connectivity index (χ4v) is 3.79. The first-order chi connectivity index (χ1) is 13.5. The summed E-state index contributed by atoms with van der Waals surface area (Å²) in [6.07, 6.45) is 1.64. The number of Topliss-reactive ketones (excluding diaryl/α,β-unsaturated/α-hetero) is 1. The van der Waals surface area contributed by atoms with E-state index in [1.54, 1.807) is 0 Å². The molecule has 0 spiro atoms. The Balaban J connectivity index is 1.37. The van der Waals surface area contributed by atoms with Crippen LogP contribution in [0.15, 0.2) is 22.7 Å². The first-order valence-electron chi connectivity index (χ1n) is 10.0. The Bertz CT molecular complexity index is 840. The molecule has 1 fully saturated rings. The Morgan fingerprint density at radius 2 is 1.82 bits per heavy atom. The number of carbonyl (C=O) groups is 1. The lowest BCUT2D eigenvalue weighted by atomic mass is 9.88. The van der Waals surface area contributed by atoms with Crippen LogP contribution in [0.25, 0.3) is 0 Å². The van der Waals surface area contributed by atoms with Crippen molar-refractivity contribution in [3.8, 4) is 11.5 Å². The molecule has 28 heavy (non-hydrogen) atoms. The van der Waals surface area contributed by atoms with E-state index in [0.717, 1.165) is 31.8 Å². The van der Waals surface area contributed by atoms with Crippen LogP contribution in [0.1, 0.15) is 67.6 Å². The molecule has 1 saturated heterocycles. The summed E-state index contributed by atoms with van der Waals surface area (Å²) in [5.74, 6) is 3.24. The van der Waals surface area contributed by atoms with Crippen LogP contribution in [0, 0.1) is 5.92 Å². The minimum Gasteiger partial charge on any atom is -0.486 e. The maximum atomic E-state index is 13.0. The van der Waals surface area contributed by atoms with Gasteiger partial charge in [0, 0.05) is 17.4 Å². The number of hydrogen-bond acceptors (Lipinski definition) is 7. The van der Waals surface area contributed by atoms with Crippen LogP contribution >= 0.6 is 0 Å². The van der Waals surface area contributed by atoms with Crippen molar-refractivity contribution in [2.75, 3.05) is 26.3 Å². The third-order valence-corrected chi connectivity index (χ3v) is 5.61. The highest BCUT2D eigenvalue weighted by atomic mass is 16.6. The van der Waals surface area contributed by atoms with Crippen molar-refractivity contribution >= 4 is 5.78 Å². The van der Waals surface area contributed by atoms with E-state index in [2.05, 4.69) is 22.0 Å². The Hall–Kier alpha value is -2.41. The number of carbonyl (C=O) groups excluding carboxylic acids is 1. The minimum atomic E-state index is 0.0277. The SMILES string of the molecule is CC(C)c1noc(C(C)N2CCC(C(=O)c3ccc4c(c3)OCCO4)CC2)n1. The monoisotopic (exact) mass is 385 g/mol. The van der Waals surface area contributed by atoms with Gasteiger partial charge in [-0.3, -0.25) is 9.69 Å². The number of ketones is 1. The fraction of sp³-hybridized carbons (Fsp3) is 0.571. The summed E-state index contributed by atoms with van der Waals surface area (Å²) in [5, 5.41) is 4.06. The lowest BCUT2D eigenvalue weighted by molar-refractivity contribution is 0.0774. The number of fused-ring (bicyclic) bond motifs is 1. The van der Waals surface area contributed by atoms with Gasteiger partial charge in [-0.15, -0.1) is 0 Å². The van der Waals surface area contributed by atoms with Gasteiger partial charge in [0.2, 0.25) is 5.89 Å². The van der Waals surface area contributed by atoms with Gasteiger partial charge < -0.3 is 14.0 Å². The van der Waals surface area contributed by atoms with E-state index < -0.39 is 0 Å². The summed E-state index contributed by atoms with van der Waals surface area (Å²) in [6, 6.07) is 5.56. The van der Waals surface area contributed by atoms with Gasteiger partial charge in [-0.05, 0) is 51.1 Å². The molecular weight excluding hydrogens is 358 g/mol. The molecule has 1 atom stereocenters. The second kappa shape index (κ2) is 7.91. The lowest BCUT2D eigenvalue weighted by Gasteiger charge is -2.34. The summed E-state index contributed by atoms with van der Waals surface area (Å²) >= 11 is 0. The first-order valence-corrected chi connectivity index (χ1v) is 10.0. The Labute approximate surface area is 165 Å². The van der Waals surface area contributed by atoms with Gasteiger partial charge in [0.05, 0.1) is 6.04 Å². The maximum Gasteiger partial charge on any atom is 0.243 e. The van der Waals surface area contributed by atoms with Crippen LogP contribution < -0.4 is 9.47 Å². The molecule has 150 valence electrons. The zero-order valence-electron chi connectivity index (χ0n) is 16.7. The molecule has 0 amide bonds. The van der Waals surface area contributed by atoms with Gasteiger partial charge in [-0.2, -0.15) is 4.98 Å². The molecule has 0 bridgehead atoms. The zero-order valence-corrected chi connectivity index (χ0v) is 16.7. The predicted octanol–water partition coefficient (Wildman–Crippen LogP) is 3.62. The largest absolute Gasteiger partial charge is 0.486 e. The second-order valence-electron chi connectivity index (χ2n) is 7.85. The highest BCUT2D eigenvalue weighted by Crippen LogP contribution is 2.33. The molecule has 0 N–H and O–H groups in total. The number of aromatic nitrogens is 2. The maximum absolute atomic E-state index is 13.0. The van der Waals surface area contributed by atoms with Crippen molar-refractivity contribution in [1.29, 1.82) is 0 Å². The summed E-state index contributed by atoms with van der Waals surface area (Å²) in [5.41, 5.74) is 0.703. The Kier molecular flexibility index (Phi) is 5.35. The van der Waals surface area contributed by atoms with Crippen LogP contribution in [-0.4, -0.2) is 47.1 Å². The van der Waals surface area contributed by atoms with Gasteiger partial charge in [-0.25, -0.2) is 0 Å². The van der Waals surface area contributed by atoms with Gasteiger partial charge in [0.15, 0.2) is 23.1 Å². The lowest BCUT2D eigenvalue weighted by Crippen LogP contribution is -2.38. The van der Waals surface area contributed by atoms with E-state index >= 15 is 0 Å². The van der Waals surface area contributed by atoms with E-state index in [9.17, 15) is 4.79 Å². The molecule has 1 aromatic heterocycles. The minimum absolute atomic E-state index is 0.0277. The van der Waals surface area contributed by atoms with Gasteiger partial charge in [0.25, 0.3) is 0 Å². The van der Waals surface area contributed by atoms with Crippen LogP contribution in [0.2, 0.25) is 0 Å². The third-order valence-electron chi connectivity index (χ3n) is 5.61. The number of piperidine rings is 1. The standard InChI is InChI=1S/C21H27N3O4/c1-13(2)20-22-21(28-23-20)14(3)24-8-6-15(7-9-24)19(25)16-4-5-17-18(12-16)27-11-10-26-17/h4-5,12-15H,6-11H2,1-3H3. The van der Waals surface area contributed by atoms with Gasteiger partial charge >= 0.3 is 0 Å². The average Bonchev–Trinajstić information content (AvgIpc) is 3.23. The number of benzene rings is 1. The quantitative estimate of drug-likeness (QED) is 0.728. The van der Waals surface area contributed by atoms with Crippen LogP contribution in [-0.2, 0) is 0 Å². The van der Waals surface area contributed by atoms with Crippen molar-refractivity contribution in [3.05, 3.63) is 35.5 Å². The average molecular weight is 385 g/mol. The third kappa shape index (κ3) is 3.76. The summed E-state index contributed by atoms with van der Waals surface area (Å²) in [4.78, 5) is 19.8. The summed E-state index contributed by atoms with van der Waals surface area (Å²) < 4.78 is 16.6. The molecule has 1 aromatic carbocycles. The van der Waals surface area contributed by atoms with Gasteiger partial charge in [0.1, 0.15) is 13.2 Å². The fourth-order valence-electron chi connectivity index (χ4n) is 3.79. The molecule has 1 unspecified atom stereocenters. The van der Waals surface area contributed by atoms with E-state index in [1.807, 2.05) is 32.0 Å². The van der Waals surface area contributed by atoms with Crippen molar-refractivity contribution < 1.29 is 18.8 Å². The molecule has 3 heterocycles. The molecule has 2 aliphatic rings. The second-order valence-corrected chi connectivity index (χ2v) is 7.85. The van der Waals surface area contributed by atoms with Crippen molar-refractivity contribution in [1.82, 2.24) is 15.0 Å². The summed E-state index contributed by atoms with van der Waals surface area (Å²) in [7, 11) is 0. The molecule has 7 heteroatoms.